The lowest BCUT2D eigenvalue weighted by molar-refractivity contribution is -0.142. The minimum atomic E-state index is -1.47. The fourth-order valence-corrected chi connectivity index (χ4v) is 7.60. The predicted molar refractivity (Wildman–Crippen MR) is 209 cm³/mol. The van der Waals surface area contributed by atoms with E-state index in [4.69, 9.17) is 4.74 Å². The molecule has 11 nitrogen and oxygen atoms in total. The van der Waals surface area contributed by atoms with Crippen LogP contribution in [0.3, 0.4) is 0 Å². The first-order valence-corrected chi connectivity index (χ1v) is 18.5. The average molecular weight is 760 g/mol. The van der Waals surface area contributed by atoms with E-state index in [9.17, 15) is 34.2 Å². The summed E-state index contributed by atoms with van der Waals surface area (Å²) in [7, 11) is 0. The van der Waals surface area contributed by atoms with Gasteiger partial charge in [-0.2, -0.15) is 0 Å². The summed E-state index contributed by atoms with van der Waals surface area (Å²) in [6, 6.07) is 42.1. The molecule has 0 bridgehead atoms. The summed E-state index contributed by atoms with van der Waals surface area (Å²) in [5.74, 6) is -4.12. The van der Waals surface area contributed by atoms with Crippen LogP contribution in [0.4, 0.5) is 4.79 Å². The molecule has 5 rings (SSSR count). The fourth-order valence-electron chi connectivity index (χ4n) is 6.04. The van der Waals surface area contributed by atoms with Gasteiger partial charge in [-0.1, -0.05) is 152 Å². The van der Waals surface area contributed by atoms with E-state index in [2.05, 4.69) is 16.0 Å². The molecule has 282 valence electrons. The van der Waals surface area contributed by atoms with Gasteiger partial charge < -0.3 is 30.9 Å². The van der Waals surface area contributed by atoms with Gasteiger partial charge in [-0.3, -0.25) is 9.59 Å². The number of ether oxygens (including phenoxy) is 1. The Morgan fingerprint density at radius 1 is 0.582 bits per heavy atom. The van der Waals surface area contributed by atoms with Crippen LogP contribution in [0.2, 0.25) is 0 Å². The van der Waals surface area contributed by atoms with Gasteiger partial charge in [0.2, 0.25) is 11.8 Å². The Hall–Kier alpha value is -6.40. The zero-order valence-corrected chi connectivity index (χ0v) is 30.6. The SMILES string of the molecule is O=C(CC[C@H](NC(=O)OCc1ccccc1)C(=O)O)N[C@@H](CSC(c1ccccc1)(c1ccccc1)c1ccccc1)C(=O)NC(C(=O)O)c1ccccc1. The molecule has 1 unspecified atom stereocenters. The highest BCUT2D eigenvalue weighted by molar-refractivity contribution is 8.00. The first kappa shape index (κ1) is 39.8. The van der Waals surface area contributed by atoms with Gasteiger partial charge in [-0.05, 0) is 34.2 Å². The number of carboxylic acids is 2. The van der Waals surface area contributed by atoms with Crippen molar-refractivity contribution in [3.63, 3.8) is 0 Å². The third-order valence-electron chi connectivity index (χ3n) is 8.79. The molecule has 12 heteroatoms. The molecule has 55 heavy (non-hydrogen) atoms. The molecule has 0 aliphatic heterocycles. The van der Waals surface area contributed by atoms with Gasteiger partial charge in [0.25, 0.3) is 0 Å². The van der Waals surface area contributed by atoms with Crippen molar-refractivity contribution in [1.82, 2.24) is 16.0 Å². The van der Waals surface area contributed by atoms with Gasteiger partial charge in [-0.15, -0.1) is 11.8 Å². The van der Waals surface area contributed by atoms with Crippen LogP contribution in [0.1, 0.15) is 46.7 Å². The number of hydrogen-bond donors (Lipinski definition) is 5. The third-order valence-corrected chi connectivity index (χ3v) is 10.4. The molecule has 5 aromatic carbocycles. The summed E-state index contributed by atoms with van der Waals surface area (Å²) in [6.45, 7) is -0.0787. The number of carbonyl (C=O) groups excluding carboxylic acids is 3. The van der Waals surface area contributed by atoms with E-state index in [1.807, 2.05) is 97.1 Å². The van der Waals surface area contributed by atoms with Gasteiger partial charge in [0.15, 0.2) is 6.04 Å². The lowest BCUT2D eigenvalue weighted by Crippen LogP contribution is -2.51. The molecule has 0 aliphatic carbocycles. The molecule has 0 radical (unpaired) electrons. The smallest absolute Gasteiger partial charge is 0.408 e. The number of amides is 3. The van der Waals surface area contributed by atoms with Crippen LogP contribution >= 0.6 is 11.8 Å². The summed E-state index contributed by atoms with van der Waals surface area (Å²) in [4.78, 5) is 64.6. The Kier molecular flexibility index (Phi) is 14.2. The number of nitrogens with one attached hydrogen (secondary N) is 3. The maximum absolute atomic E-state index is 14.1. The minimum Gasteiger partial charge on any atom is -0.480 e. The molecule has 3 atom stereocenters. The van der Waals surface area contributed by atoms with E-state index < -0.39 is 52.7 Å². The molecule has 0 saturated carbocycles. The lowest BCUT2D eigenvalue weighted by Gasteiger charge is -2.36. The van der Waals surface area contributed by atoms with Crippen LogP contribution in [-0.4, -0.2) is 57.9 Å². The second-order valence-corrected chi connectivity index (χ2v) is 13.8. The molecule has 0 aromatic heterocycles. The van der Waals surface area contributed by atoms with E-state index in [0.29, 0.717) is 11.1 Å². The Morgan fingerprint density at radius 2 is 1.05 bits per heavy atom. The normalized spacial score (nSPS) is 12.7. The van der Waals surface area contributed by atoms with E-state index in [-0.39, 0.29) is 25.2 Å². The number of aliphatic carboxylic acids is 2. The lowest BCUT2D eigenvalue weighted by atomic mass is 9.84. The van der Waals surface area contributed by atoms with Gasteiger partial charge in [-0.25, -0.2) is 14.4 Å². The molecule has 5 aromatic rings. The first-order valence-electron chi connectivity index (χ1n) is 17.6. The summed E-state index contributed by atoms with van der Waals surface area (Å²) < 4.78 is 4.28. The van der Waals surface area contributed by atoms with Crippen molar-refractivity contribution in [2.45, 2.75) is 42.3 Å². The molecular weight excluding hydrogens is 719 g/mol. The van der Waals surface area contributed by atoms with Gasteiger partial charge >= 0.3 is 18.0 Å². The Morgan fingerprint density at radius 3 is 1.53 bits per heavy atom. The highest BCUT2D eigenvalue weighted by Gasteiger charge is 2.39. The molecule has 0 fully saturated rings. The van der Waals surface area contributed by atoms with Gasteiger partial charge in [0.05, 0.1) is 4.75 Å². The summed E-state index contributed by atoms with van der Waals surface area (Å²) in [6.07, 6.45) is -1.66. The van der Waals surface area contributed by atoms with Crippen LogP contribution < -0.4 is 16.0 Å². The topological polar surface area (TPSA) is 171 Å². The third kappa shape index (κ3) is 10.8. The zero-order chi connectivity index (χ0) is 39.0. The Balaban J connectivity index is 1.40. The molecule has 0 aliphatic rings. The molecular formula is C43H41N3O8S. The summed E-state index contributed by atoms with van der Waals surface area (Å²) >= 11 is 1.39. The van der Waals surface area contributed by atoms with Crippen molar-refractivity contribution in [3.8, 4) is 0 Å². The zero-order valence-electron chi connectivity index (χ0n) is 29.7. The highest BCUT2D eigenvalue weighted by atomic mass is 32.2. The maximum Gasteiger partial charge on any atom is 0.408 e. The first-order chi connectivity index (χ1) is 26.7. The number of rotatable bonds is 18. The summed E-state index contributed by atoms with van der Waals surface area (Å²) in [5.41, 5.74) is 3.77. The van der Waals surface area contributed by atoms with E-state index in [1.165, 1.54) is 11.8 Å². The molecule has 3 amide bonds. The number of thioether (sulfide) groups is 1. The van der Waals surface area contributed by atoms with Crippen molar-refractivity contribution >= 4 is 41.6 Å². The van der Waals surface area contributed by atoms with Crippen LogP contribution in [0.25, 0.3) is 0 Å². The Labute approximate surface area is 323 Å². The second kappa shape index (κ2) is 19.6. The van der Waals surface area contributed by atoms with Gasteiger partial charge in [0, 0.05) is 12.2 Å². The van der Waals surface area contributed by atoms with Crippen molar-refractivity contribution in [2.24, 2.45) is 0 Å². The largest absolute Gasteiger partial charge is 0.480 e. The second-order valence-electron chi connectivity index (χ2n) is 12.5. The summed E-state index contributed by atoms with van der Waals surface area (Å²) in [5, 5.41) is 27.5. The number of carboxylic acid groups (broad SMARTS) is 2. The molecule has 0 spiro atoms. The standard InChI is InChI=1S/C43H41N3O8S/c47-37(27-26-35(40(49)50)45-42(53)54-28-30-16-6-1-7-17-30)44-36(39(48)46-38(41(51)52)31-18-8-2-9-19-31)29-55-43(32-20-10-3-11-21-32,33-22-12-4-13-23-33)34-24-14-5-15-25-34/h1-25,35-36,38H,26-29H2,(H,44,47)(H,45,53)(H,46,48)(H,49,50)(H,51,52)/t35-,36-,38?/m0/s1. The minimum absolute atomic E-state index is 0.0240. The maximum atomic E-state index is 14.1. The number of alkyl carbamates (subject to hydrolysis) is 1. The predicted octanol–water partition coefficient (Wildman–Crippen LogP) is 6.30. The van der Waals surface area contributed by atoms with E-state index in [1.54, 1.807) is 54.6 Å². The van der Waals surface area contributed by atoms with Gasteiger partial charge in [0.1, 0.15) is 18.7 Å². The van der Waals surface area contributed by atoms with Crippen LogP contribution in [0, 0.1) is 0 Å². The highest BCUT2D eigenvalue weighted by Crippen LogP contribution is 2.48. The Bertz CT molecular complexity index is 1920. The molecule has 0 heterocycles. The van der Waals surface area contributed by atoms with Crippen molar-refractivity contribution in [1.29, 1.82) is 0 Å². The van der Waals surface area contributed by atoms with Crippen molar-refractivity contribution < 1.29 is 38.9 Å². The number of carbonyl (C=O) groups is 5. The van der Waals surface area contributed by atoms with Crippen LogP contribution in [0.5, 0.6) is 0 Å². The monoisotopic (exact) mass is 759 g/mol. The number of hydrogen-bond acceptors (Lipinski definition) is 7. The van der Waals surface area contributed by atoms with Crippen LogP contribution in [-0.2, 0) is 35.3 Å². The molecule has 0 saturated heterocycles. The molecule has 5 N–H and O–H groups in total. The number of benzene rings is 5. The van der Waals surface area contributed by atoms with Crippen molar-refractivity contribution in [3.05, 3.63) is 179 Å². The van der Waals surface area contributed by atoms with E-state index in [0.717, 1.165) is 16.7 Å². The van der Waals surface area contributed by atoms with E-state index >= 15 is 0 Å². The van der Waals surface area contributed by atoms with Crippen molar-refractivity contribution in [2.75, 3.05) is 5.75 Å². The van der Waals surface area contributed by atoms with Crippen LogP contribution in [0.15, 0.2) is 152 Å². The quantitative estimate of drug-likeness (QED) is 0.0644. The average Bonchev–Trinajstić information content (AvgIpc) is 3.22. The fraction of sp³-hybridized carbons (Fsp3) is 0.186.